The third-order valence-electron chi connectivity index (χ3n) is 3.91. The molecular formula is C17H16BrClO2. The molecule has 1 atom stereocenters. The molecular weight excluding hydrogens is 352 g/mol. The van der Waals surface area contributed by atoms with Crippen LogP contribution in [0.5, 0.6) is 5.75 Å². The molecule has 2 nitrogen and oxygen atoms in total. The molecule has 1 aliphatic rings. The van der Waals surface area contributed by atoms with Gasteiger partial charge in [-0.05, 0) is 47.4 Å². The summed E-state index contributed by atoms with van der Waals surface area (Å²) in [7, 11) is 0. The molecule has 110 valence electrons. The first-order chi connectivity index (χ1) is 10.1. The van der Waals surface area contributed by atoms with E-state index in [-0.39, 0.29) is 0 Å². The summed E-state index contributed by atoms with van der Waals surface area (Å²) in [6, 6.07) is 9.74. The second-order valence-electron chi connectivity index (χ2n) is 5.33. The van der Waals surface area contributed by atoms with Crippen molar-refractivity contribution < 1.29 is 9.84 Å². The van der Waals surface area contributed by atoms with Crippen molar-refractivity contribution in [2.24, 2.45) is 0 Å². The maximum absolute atomic E-state index is 10.6. The molecule has 0 saturated heterocycles. The predicted molar refractivity (Wildman–Crippen MR) is 88.2 cm³/mol. The predicted octanol–water partition coefficient (Wildman–Crippen LogP) is 4.62. The number of ether oxygens (including phenoxy) is 1. The van der Waals surface area contributed by atoms with Gasteiger partial charge in [-0.3, -0.25) is 0 Å². The van der Waals surface area contributed by atoms with Crippen molar-refractivity contribution in [3.05, 3.63) is 62.1 Å². The Morgan fingerprint density at radius 1 is 1.38 bits per heavy atom. The Kier molecular flexibility index (Phi) is 4.25. The summed E-state index contributed by atoms with van der Waals surface area (Å²) in [5.74, 6) is 0.928. The first-order valence-electron chi connectivity index (χ1n) is 6.93. The lowest BCUT2D eigenvalue weighted by atomic mass is 9.96. The van der Waals surface area contributed by atoms with Gasteiger partial charge in [0.1, 0.15) is 5.75 Å². The van der Waals surface area contributed by atoms with E-state index < -0.39 is 6.10 Å². The second-order valence-corrected chi connectivity index (χ2v) is 6.65. The van der Waals surface area contributed by atoms with Gasteiger partial charge in [-0.15, -0.1) is 0 Å². The van der Waals surface area contributed by atoms with Crippen LogP contribution in [0.15, 0.2) is 34.8 Å². The zero-order valence-electron chi connectivity index (χ0n) is 11.7. The van der Waals surface area contributed by atoms with Crippen LogP contribution in [0.1, 0.15) is 28.4 Å². The molecule has 21 heavy (non-hydrogen) atoms. The quantitative estimate of drug-likeness (QED) is 0.857. The molecule has 0 fully saturated rings. The molecule has 0 spiro atoms. The zero-order chi connectivity index (χ0) is 15.0. The Hall–Kier alpha value is -1.03. The minimum Gasteiger partial charge on any atom is -0.493 e. The van der Waals surface area contributed by atoms with Gasteiger partial charge in [-0.2, -0.15) is 0 Å². The Morgan fingerprint density at radius 2 is 2.19 bits per heavy atom. The lowest BCUT2D eigenvalue weighted by Crippen LogP contribution is -2.05. The monoisotopic (exact) mass is 366 g/mol. The molecule has 1 N–H and O–H groups in total. The van der Waals surface area contributed by atoms with E-state index in [4.69, 9.17) is 16.3 Å². The normalized spacial score (nSPS) is 14.7. The number of hydrogen-bond donors (Lipinski definition) is 1. The molecule has 1 aliphatic heterocycles. The van der Waals surface area contributed by atoms with Gasteiger partial charge in [-0.1, -0.05) is 39.7 Å². The highest BCUT2D eigenvalue weighted by Crippen LogP contribution is 2.36. The zero-order valence-corrected chi connectivity index (χ0v) is 14.0. The summed E-state index contributed by atoms with van der Waals surface area (Å²) in [5, 5.41) is 11.3. The fourth-order valence-electron chi connectivity index (χ4n) is 2.80. The number of aliphatic hydroxyl groups excluding tert-OH is 1. The summed E-state index contributed by atoms with van der Waals surface area (Å²) in [6.07, 6.45) is 0.850. The lowest BCUT2D eigenvalue weighted by Gasteiger charge is -2.16. The third kappa shape index (κ3) is 2.96. The molecule has 1 heterocycles. The Bertz CT molecular complexity index is 685. The average Bonchev–Trinajstić information content (AvgIpc) is 2.90. The van der Waals surface area contributed by atoms with Crippen LogP contribution >= 0.6 is 27.5 Å². The Morgan fingerprint density at radius 3 is 3.00 bits per heavy atom. The molecule has 2 aromatic carbocycles. The number of fused-ring (bicyclic) bond motifs is 1. The number of benzene rings is 2. The summed E-state index contributed by atoms with van der Waals surface area (Å²) in [4.78, 5) is 0. The van der Waals surface area contributed by atoms with E-state index in [1.165, 1.54) is 5.56 Å². The summed E-state index contributed by atoms with van der Waals surface area (Å²) >= 11 is 9.67. The largest absolute Gasteiger partial charge is 0.493 e. The maximum Gasteiger partial charge on any atom is 0.125 e. The molecule has 1 unspecified atom stereocenters. The molecule has 0 aliphatic carbocycles. The van der Waals surface area contributed by atoms with E-state index >= 15 is 0 Å². The van der Waals surface area contributed by atoms with Crippen molar-refractivity contribution in [2.45, 2.75) is 25.9 Å². The Labute approximate surface area is 137 Å². The van der Waals surface area contributed by atoms with Crippen molar-refractivity contribution in [3.63, 3.8) is 0 Å². The van der Waals surface area contributed by atoms with Gasteiger partial charge in [-0.25, -0.2) is 0 Å². The second kappa shape index (κ2) is 5.99. The highest BCUT2D eigenvalue weighted by molar-refractivity contribution is 9.10. The lowest BCUT2D eigenvalue weighted by molar-refractivity contribution is 0.176. The fraction of sp³-hybridized carbons (Fsp3) is 0.294. The number of hydrogen-bond acceptors (Lipinski definition) is 2. The minimum atomic E-state index is -0.591. The molecule has 2 aromatic rings. The van der Waals surface area contributed by atoms with Crippen LogP contribution in [0.3, 0.4) is 0 Å². The van der Waals surface area contributed by atoms with Gasteiger partial charge >= 0.3 is 0 Å². The van der Waals surface area contributed by atoms with Crippen LogP contribution in [-0.4, -0.2) is 11.7 Å². The van der Waals surface area contributed by atoms with Gasteiger partial charge < -0.3 is 9.84 Å². The Balaban J connectivity index is 1.92. The van der Waals surface area contributed by atoms with Gasteiger partial charge in [0.25, 0.3) is 0 Å². The standard InChI is InChI=1S/C17H16BrClO2/c1-10-14(3-2-4-15(10)19)16(20)9-12-8-13(18)7-11-5-6-21-17(11)12/h2-4,7-8,16,20H,5-6,9H2,1H3. The molecule has 0 radical (unpaired) electrons. The highest BCUT2D eigenvalue weighted by atomic mass is 79.9. The van der Waals surface area contributed by atoms with Crippen molar-refractivity contribution in [1.82, 2.24) is 0 Å². The molecule has 0 bridgehead atoms. The van der Waals surface area contributed by atoms with Crippen LogP contribution in [0.25, 0.3) is 0 Å². The van der Waals surface area contributed by atoms with Crippen molar-refractivity contribution in [1.29, 1.82) is 0 Å². The molecule has 0 amide bonds. The van der Waals surface area contributed by atoms with Crippen molar-refractivity contribution >= 4 is 27.5 Å². The molecule has 0 aromatic heterocycles. The number of halogens is 2. The van der Waals surface area contributed by atoms with Crippen LogP contribution in [0, 0.1) is 6.92 Å². The molecule has 4 heteroatoms. The molecule has 0 saturated carbocycles. The van der Waals surface area contributed by atoms with Gasteiger partial charge in [0.15, 0.2) is 0 Å². The SMILES string of the molecule is Cc1c(Cl)cccc1C(O)Cc1cc(Br)cc2c1OCC2. The fourth-order valence-corrected chi connectivity index (χ4v) is 3.54. The van der Waals surface area contributed by atoms with E-state index in [9.17, 15) is 5.11 Å². The average molecular weight is 368 g/mol. The van der Waals surface area contributed by atoms with Gasteiger partial charge in [0.2, 0.25) is 0 Å². The van der Waals surface area contributed by atoms with Gasteiger partial charge in [0, 0.05) is 22.3 Å². The number of rotatable bonds is 3. The summed E-state index contributed by atoms with van der Waals surface area (Å²) in [5.41, 5.74) is 4.03. The third-order valence-corrected chi connectivity index (χ3v) is 4.77. The van der Waals surface area contributed by atoms with E-state index in [1.807, 2.05) is 31.2 Å². The minimum absolute atomic E-state index is 0.517. The first kappa shape index (κ1) is 14.9. The summed E-state index contributed by atoms with van der Waals surface area (Å²) in [6.45, 7) is 2.65. The van der Waals surface area contributed by atoms with Crippen molar-refractivity contribution in [2.75, 3.05) is 6.61 Å². The van der Waals surface area contributed by atoms with Crippen molar-refractivity contribution in [3.8, 4) is 5.75 Å². The van der Waals surface area contributed by atoms with E-state index in [1.54, 1.807) is 0 Å². The van der Waals surface area contributed by atoms with Crippen LogP contribution in [-0.2, 0) is 12.8 Å². The van der Waals surface area contributed by atoms with E-state index in [2.05, 4.69) is 22.0 Å². The maximum atomic E-state index is 10.6. The highest BCUT2D eigenvalue weighted by Gasteiger charge is 2.21. The van der Waals surface area contributed by atoms with Crippen LogP contribution in [0.4, 0.5) is 0 Å². The summed E-state index contributed by atoms with van der Waals surface area (Å²) < 4.78 is 6.74. The number of aliphatic hydroxyl groups is 1. The van der Waals surface area contributed by atoms with Crippen LogP contribution in [0.2, 0.25) is 5.02 Å². The topological polar surface area (TPSA) is 29.5 Å². The van der Waals surface area contributed by atoms with E-state index in [0.29, 0.717) is 18.1 Å². The smallest absolute Gasteiger partial charge is 0.125 e. The van der Waals surface area contributed by atoms with Crippen LogP contribution < -0.4 is 4.74 Å². The molecule has 3 rings (SSSR count). The van der Waals surface area contributed by atoms with Gasteiger partial charge in [0.05, 0.1) is 12.7 Å². The first-order valence-corrected chi connectivity index (χ1v) is 8.10. The van der Waals surface area contributed by atoms with E-state index in [0.717, 1.165) is 33.3 Å².